The summed E-state index contributed by atoms with van der Waals surface area (Å²) in [6.07, 6.45) is 6.66. The molecule has 1 fully saturated rings. The minimum absolute atomic E-state index is 0.769. The highest BCUT2D eigenvalue weighted by atomic mass is 15.2. The molecule has 1 heterocycles. The van der Waals surface area contributed by atoms with E-state index in [0.29, 0.717) is 0 Å². The molecule has 1 aliphatic rings. The average Bonchev–Trinajstić information content (AvgIpc) is 2.85. The maximum atomic E-state index is 2.70. The molecular formula is C16H25N. The van der Waals surface area contributed by atoms with E-state index < -0.39 is 0 Å². The van der Waals surface area contributed by atoms with Crippen molar-refractivity contribution in [3.05, 3.63) is 35.4 Å². The van der Waals surface area contributed by atoms with Gasteiger partial charge < -0.3 is 4.90 Å². The van der Waals surface area contributed by atoms with E-state index in [2.05, 4.69) is 43.0 Å². The third kappa shape index (κ3) is 3.57. The van der Waals surface area contributed by atoms with E-state index in [1.54, 1.807) is 0 Å². The molecule has 1 aromatic carbocycles. The fourth-order valence-corrected chi connectivity index (χ4v) is 2.85. The first-order valence-electron chi connectivity index (χ1n) is 7.09. The van der Waals surface area contributed by atoms with Gasteiger partial charge in [-0.2, -0.15) is 0 Å². The fraction of sp³-hybridized carbons (Fsp3) is 0.625. The number of hydrogen-bond donors (Lipinski definition) is 0. The first-order chi connectivity index (χ1) is 8.29. The molecular weight excluding hydrogens is 206 g/mol. The van der Waals surface area contributed by atoms with Crippen molar-refractivity contribution >= 4 is 0 Å². The van der Waals surface area contributed by atoms with Gasteiger partial charge in [0.1, 0.15) is 0 Å². The summed E-state index contributed by atoms with van der Waals surface area (Å²) in [5.41, 5.74) is 2.86. The van der Waals surface area contributed by atoms with Gasteiger partial charge in [0.15, 0.2) is 0 Å². The molecule has 1 saturated heterocycles. The zero-order chi connectivity index (χ0) is 12.1. The minimum Gasteiger partial charge on any atom is -0.300 e. The third-order valence-corrected chi connectivity index (χ3v) is 3.87. The molecule has 2 rings (SSSR count). The molecule has 0 radical (unpaired) electrons. The molecule has 0 N–H and O–H groups in total. The topological polar surface area (TPSA) is 3.24 Å². The summed E-state index contributed by atoms with van der Waals surface area (Å²) in [6.45, 7) is 7.10. The number of aryl methyl sites for hydroxylation is 1. The van der Waals surface area contributed by atoms with Crippen molar-refractivity contribution in [2.24, 2.45) is 0 Å². The Bertz CT molecular complexity index is 322. The van der Waals surface area contributed by atoms with Gasteiger partial charge in [0.2, 0.25) is 0 Å². The highest BCUT2D eigenvalue weighted by molar-refractivity contribution is 5.22. The van der Waals surface area contributed by atoms with Crippen molar-refractivity contribution in [1.29, 1.82) is 0 Å². The Hall–Kier alpha value is -0.820. The van der Waals surface area contributed by atoms with E-state index >= 15 is 0 Å². The second-order valence-electron chi connectivity index (χ2n) is 5.38. The van der Waals surface area contributed by atoms with Crippen LogP contribution in [0, 0.1) is 6.92 Å². The zero-order valence-electron chi connectivity index (χ0n) is 11.3. The van der Waals surface area contributed by atoms with Crippen LogP contribution in [0.1, 0.15) is 43.7 Å². The molecule has 0 amide bonds. The maximum absolute atomic E-state index is 2.70. The molecule has 17 heavy (non-hydrogen) atoms. The summed E-state index contributed by atoms with van der Waals surface area (Å²) in [7, 11) is 0. The summed E-state index contributed by atoms with van der Waals surface area (Å²) in [5, 5.41) is 0. The van der Waals surface area contributed by atoms with Crippen LogP contribution >= 0.6 is 0 Å². The first kappa shape index (κ1) is 12.6. The molecule has 0 aliphatic carbocycles. The van der Waals surface area contributed by atoms with Gasteiger partial charge in [0.25, 0.3) is 0 Å². The summed E-state index contributed by atoms with van der Waals surface area (Å²) >= 11 is 0. The molecule has 1 aliphatic heterocycles. The Kier molecular flexibility index (Phi) is 4.61. The van der Waals surface area contributed by atoms with Crippen LogP contribution in [0.3, 0.4) is 0 Å². The molecule has 94 valence electrons. The Morgan fingerprint density at radius 1 is 1.12 bits per heavy atom. The normalized spacial score (nSPS) is 18.5. The molecule has 0 bridgehead atoms. The highest BCUT2D eigenvalue weighted by Crippen LogP contribution is 2.19. The molecule has 0 saturated carbocycles. The van der Waals surface area contributed by atoms with Crippen LogP contribution < -0.4 is 0 Å². The second kappa shape index (κ2) is 6.20. The largest absolute Gasteiger partial charge is 0.300 e. The maximum Gasteiger partial charge on any atom is 0.0136 e. The molecule has 1 unspecified atom stereocenters. The van der Waals surface area contributed by atoms with Crippen LogP contribution in [0.5, 0.6) is 0 Å². The molecule has 1 heteroatoms. The van der Waals surface area contributed by atoms with Crippen molar-refractivity contribution in [3.63, 3.8) is 0 Å². The summed E-state index contributed by atoms with van der Waals surface area (Å²) in [4.78, 5) is 2.70. The number of hydrogen-bond acceptors (Lipinski definition) is 1. The summed E-state index contributed by atoms with van der Waals surface area (Å²) < 4.78 is 0. The van der Waals surface area contributed by atoms with Gasteiger partial charge in [-0.05, 0) is 51.3 Å². The van der Waals surface area contributed by atoms with E-state index in [1.165, 1.54) is 56.3 Å². The number of nitrogens with zero attached hydrogens (tertiary/aromatic N) is 1. The van der Waals surface area contributed by atoms with E-state index in [0.717, 1.165) is 6.04 Å². The average molecular weight is 231 g/mol. The third-order valence-electron chi connectivity index (χ3n) is 3.87. The van der Waals surface area contributed by atoms with Gasteiger partial charge in [0.05, 0.1) is 0 Å². The standard InChI is InChI=1S/C16H25N/c1-3-6-16(17-11-4-5-12-17)13-15-9-7-14(2)8-10-15/h7-10,16H,3-6,11-13H2,1-2H3. The highest BCUT2D eigenvalue weighted by Gasteiger charge is 2.21. The lowest BCUT2D eigenvalue weighted by Crippen LogP contribution is -2.34. The predicted octanol–water partition coefficient (Wildman–Crippen LogP) is 3.80. The molecule has 1 atom stereocenters. The molecule has 1 nitrogen and oxygen atoms in total. The van der Waals surface area contributed by atoms with Crippen LogP contribution in [0.25, 0.3) is 0 Å². The predicted molar refractivity (Wildman–Crippen MR) is 74.4 cm³/mol. The van der Waals surface area contributed by atoms with Gasteiger partial charge in [-0.3, -0.25) is 0 Å². The van der Waals surface area contributed by atoms with E-state index in [9.17, 15) is 0 Å². The fourth-order valence-electron chi connectivity index (χ4n) is 2.85. The van der Waals surface area contributed by atoms with Crippen molar-refractivity contribution < 1.29 is 0 Å². The van der Waals surface area contributed by atoms with Crippen LogP contribution in [-0.2, 0) is 6.42 Å². The van der Waals surface area contributed by atoms with Crippen molar-refractivity contribution in [2.75, 3.05) is 13.1 Å². The Morgan fingerprint density at radius 2 is 1.76 bits per heavy atom. The van der Waals surface area contributed by atoms with Gasteiger partial charge in [-0.25, -0.2) is 0 Å². The SMILES string of the molecule is CCCC(Cc1ccc(C)cc1)N1CCCC1. The van der Waals surface area contributed by atoms with Gasteiger partial charge in [0, 0.05) is 6.04 Å². The lowest BCUT2D eigenvalue weighted by molar-refractivity contribution is 0.227. The molecule has 0 aromatic heterocycles. The van der Waals surface area contributed by atoms with Crippen molar-refractivity contribution in [3.8, 4) is 0 Å². The van der Waals surface area contributed by atoms with Gasteiger partial charge in [-0.1, -0.05) is 43.2 Å². The number of likely N-dealkylation sites (tertiary alicyclic amines) is 1. The Morgan fingerprint density at radius 3 is 2.35 bits per heavy atom. The first-order valence-corrected chi connectivity index (χ1v) is 7.09. The zero-order valence-corrected chi connectivity index (χ0v) is 11.3. The van der Waals surface area contributed by atoms with Crippen LogP contribution in [0.15, 0.2) is 24.3 Å². The van der Waals surface area contributed by atoms with E-state index in [4.69, 9.17) is 0 Å². The number of rotatable bonds is 5. The summed E-state index contributed by atoms with van der Waals surface area (Å²) in [5.74, 6) is 0. The molecule has 1 aromatic rings. The van der Waals surface area contributed by atoms with Crippen LogP contribution in [-0.4, -0.2) is 24.0 Å². The van der Waals surface area contributed by atoms with Gasteiger partial charge in [-0.15, -0.1) is 0 Å². The quantitative estimate of drug-likeness (QED) is 0.745. The lowest BCUT2D eigenvalue weighted by Gasteiger charge is -2.27. The van der Waals surface area contributed by atoms with Gasteiger partial charge >= 0.3 is 0 Å². The molecule has 0 spiro atoms. The Labute approximate surface area is 106 Å². The van der Waals surface area contributed by atoms with E-state index in [1.807, 2.05) is 0 Å². The van der Waals surface area contributed by atoms with Crippen molar-refractivity contribution in [2.45, 2.75) is 52.0 Å². The second-order valence-corrected chi connectivity index (χ2v) is 5.38. The van der Waals surface area contributed by atoms with Crippen molar-refractivity contribution in [1.82, 2.24) is 4.90 Å². The summed E-state index contributed by atoms with van der Waals surface area (Å²) in [6, 6.07) is 9.84. The van der Waals surface area contributed by atoms with Crippen LogP contribution in [0.2, 0.25) is 0 Å². The minimum atomic E-state index is 0.769. The monoisotopic (exact) mass is 231 g/mol. The van der Waals surface area contributed by atoms with Crippen LogP contribution in [0.4, 0.5) is 0 Å². The van der Waals surface area contributed by atoms with E-state index in [-0.39, 0.29) is 0 Å². The Balaban J connectivity index is 1.98. The lowest BCUT2D eigenvalue weighted by atomic mass is 10.00. The smallest absolute Gasteiger partial charge is 0.0136 e. The number of benzene rings is 1.